The summed E-state index contributed by atoms with van der Waals surface area (Å²) >= 11 is 0. The predicted octanol–water partition coefficient (Wildman–Crippen LogP) is 0.721. The van der Waals surface area contributed by atoms with Gasteiger partial charge in [0.25, 0.3) is 5.91 Å². The van der Waals surface area contributed by atoms with Crippen molar-refractivity contribution in [3.8, 4) is 0 Å². The fourth-order valence-corrected chi connectivity index (χ4v) is 1.59. The van der Waals surface area contributed by atoms with Crippen molar-refractivity contribution in [2.45, 2.75) is 26.8 Å². The summed E-state index contributed by atoms with van der Waals surface area (Å²) in [5, 5.41) is 13.9. The summed E-state index contributed by atoms with van der Waals surface area (Å²) in [4.78, 5) is 23.6. The lowest BCUT2D eigenvalue weighted by Crippen LogP contribution is -2.45. The van der Waals surface area contributed by atoms with Crippen LogP contribution in [-0.2, 0) is 4.79 Å². The molecule has 1 aromatic carbocycles. The topological polar surface area (TPSA) is 104 Å². The fourth-order valence-electron chi connectivity index (χ4n) is 1.59. The second-order valence-electron chi connectivity index (χ2n) is 5.89. The molecule has 0 bridgehead atoms. The number of nitrogens with one attached hydrogen (secondary N) is 2. The average molecular weight is 293 g/mol. The standard InChI is InChI=1S/C15H23N3O3/c1-15(2,3)12(16)14(21)18-11-6-4-10(5-7-11)13(20)17-8-9-19/h4-7,12,19H,8-9,16H2,1-3H3,(H,17,20)(H,18,21). The van der Waals surface area contributed by atoms with Gasteiger partial charge in [0.1, 0.15) is 0 Å². The van der Waals surface area contributed by atoms with E-state index in [4.69, 9.17) is 10.8 Å². The van der Waals surface area contributed by atoms with E-state index in [0.717, 1.165) is 0 Å². The van der Waals surface area contributed by atoms with E-state index >= 15 is 0 Å². The van der Waals surface area contributed by atoms with Gasteiger partial charge in [0.2, 0.25) is 5.91 Å². The van der Waals surface area contributed by atoms with Crippen LogP contribution in [0.15, 0.2) is 24.3 Å². The van der Waals surface area contributed by atoms with Crippen molar-refractivity contribution in [3.63, 3.8) is 0 Å². The highest BCUT2D eigenvalue weighted by Gasteiger charge is 2.27. The Morgan fingerprint density at radius 1 is 1.24 bits per heavy atom. The molecule has 0 spiro atoms. The van der Waals surface area contributed by atoms with Gasteiger partial charge in [0.05, 0.1) is 12.6 Å². The highest BCUT2D eigenvalue weighted by molar-refractivity contribution is 5.97. The van der Waals surface area contributed by atoms with E-state index < -0.39 is 6.04 Å². The molecule has 1 rings (SSSR count). The second-order valence-corrected chi connectivity index (χ2v) is 5.89. The molecular weight excluding hydrogens is 270 g/mol. The SMILES string of the molecule is CC(C)(C)C(N)C(=O)Nc1ccc(C(=O)NCCO)cc1. The van der Waals surface area contributed by atoms with Gasteiger partial charge in [0.15, 0.2) is 0 Å². The first kappa shape index (κ1) is 17.1. The molecule has 0 aliphatic rings. The van der Waals surface area contributed by atoms with Crippen LogP contribution in [0.3, 0.4) is 0 Å². The van der Waals surface area contributed by atoms with Crippen molar-refractivity contribution in [1.82, 2.24) is 5.32 Å². The Labute approximate surface area is 124 Å². The molecule has 2 amide bonds. The molecule has 0 fully saturated rings. The van der Waals surface area contributed by atoms with Gasteiger partial charge in [-0.25, -0.2) is 0 Å². The van der Waals surface area contributed by atoms with Crippen LogP contribution in [0.4, 0.5) is 5.69 Å². The molecule has 116 valence electrons. The van der Waals surface area contributed by atoms with Gasteiger partial charge in [-0.2, -0.15) is 0 Å². The third-order valence-corrected chi connectivity index (χ3v) is 3.03. The molecule has 1 unspecified atom stereocenters. The Bertz CT molecular complexity index is 492. The van der Waals surface area contributed by atoms with E-state index in [2.05, 4.69) is 10.6 Å². The van der Waals surface area contributed by atoms with E-state index in [-0.39, 0.29) is 30.4 Å². The third kappa shape index (κ3) is 5.17. The summed E-state index contributed by atoms with van der Waals surface area (Å²) in [6, 6.07) is 5.86. The Morgan fingerprint density at radius 3 is 2.29 bits per heavy atom. The van der Waals surface area contributed by atoms with Crippen LogP contribution in [0.25, 0.3) is 0 Å². The summed E-state index contributed by atoms with van der Waals surface area (Å²) in [6.07, 6.45) is 0. The average Bonchev–Trinajstić information content (AvgIpc) is 2.43. The zero-order valence-corrected chi connectivity index (χ0v) is 12.6. The molecule has 1 atom stereocenters. The molecule has 0 radical (unpaired) electrons. The molecule has 0 saturated carbocycles. The normalized spacial score (nSPS) is 12.6. The smallest absolute Gasteiger partial charge is 0.251 e. The summed E-state index contributed by atoms with van der Waals surface area (Å²) in [6.45, 7) is 5.78. The Hall–Kier alpha value is -1.92. The minimum atomic E-state index is -0.620. The monoisotopic (exact) mass is 293 g/mol. The lowest BCUT2D eigenvalue weighted by molar-refractivity contribution is -0.119. The second kappa shape index (κ2) is 7.19. The zero-order valence-electron chi connectivity index (χ0n) is 12.6. The number of amides is 2. The quantitative estimate of drug-likeness (QED) is 0.642. The van der Waals surface area contributed by atoms with Crippen molar-refractivity contribution in [1.29, 1.82) is 0 Å². The molecule has 1 aromatic rings. The third-order valence-electron chi connectivity index (χ3n) is 3.03. The minimum absolute atomic E-state index is 0.107. The van der Waals surface area contributed by atoms with Crippen molar-refractivity contribution < 1.29 is 14.7 Å². The number of aliphatic hydroxyl groups is 1. The summed E-state index contributed by atoms with van der Waals surface area (Å²) in [5.74, 6) is -0.534. The van der Waals surface area contributed by atoms with Crippen LogP contribution in [0.5, 0.6) is 0 Å². The highest BCUT2D eigenvalue weighted by atomic mass is 16.3. The van der Waals surface area contributed by atoms with Crippen molar-refractivity contribution in [2.24, 2.45) is 11.1 Å². The first-order chi connectivity index (χ1) is 9.75. The maximum Gasteiger partial charge on any atom is 0.251 e. The highest BCUT2D eigenvalue weighted by Crippen LogP contribution is 2.19. The van der Waals surface area contributed by atoms with E-state index in [1.807, 2.05) is 20.8 Å². The molecule has 0 saturated heterocycles. The predicted molar refractivity (Wildman–Crippen MR) is 81.9 cm³/mol. The van der Waals surface area contributed by atoms with Gasteiger partial charge >= 0.3 is 0 Å². The van der Waals surface area contributed by atoms with Gasteiger partial charge in [0, 0.05) is 17.8 Å². The van der Waals surface area contributed by atoms with Gasteiger partial charge in [-0.1, -0.05) is 20.8 Å². The van der Waals surface area contributed by atoms with Crippen LogP contribution in [0.2, 0.25) is 0 Å². The van der Waals surface area contributed by atoms with Crippen molar-refractivity contribution >= 4 is 17.5 Å². The van der Waals surface area contributed by atoms with Crippen LogP contribution in [0, 0.1) is 5.41 Å². The molecule has 0 aliphatic heterocycles. The van der Waals surface area contributed by atoms with E-state index in [9.17, 15) is 9.59 Å². The maximum atomic E-state index is 12.0. The van der Waals surface area contributed by atoms with Crippen LogP contribution in [0.1, 0.15) is 31.1 Å². The molecule has 6 nitrogen and oxygen atoms in total. The first-order valence-electron chi connectivity index (χ1n) is 6.81. The number of hydrogen-bond acceptors (Lipinski definition) is 4. The lowest BCUT2D eigenvalue weighted by atomic mass is 9.87. The van der Waals surface area contributed by atoms with Gasteiger partial charge in [-0.3, -0.25) is 9.59 Å². The summed E-state index contributed by atoms with van der Waals surface area (Å²) in [7, 11) is 0. The van der Waals surface area contributed by atoms with Gasteiger partial charge in [-0.15, -0.1) is 0 Å². The Morgan fingerprint density at radius 2 is 1.81 bits per heavy atom. The molecule has 6 heteroatoms. The fraction of sp³-hybridized carbons (Fsp3) is 0.467. The molecule has 21 heavy (non-hydrogen) atoms. The number of anilines is 1. The number of rotatable bonds is 5. The first-order valence-corrected chi connectivity index (χ1v) is 6.81. The number of carbonyl (C=O) groups is 2. The van der Waals surface area contributed by atoms with Crippen LogP contribution >= 0.6 is 0 Å². The number of aliphatic hydroxyl groups excluding tert-OH is 1. The van der Waals surface area contributed by atoms with E-state index in [0.29, 0.717) is 11.3 Å². The summed E-state index contributed by atoms with van der Waals surface area (Å²) in [5.41, 5.74) is 6.59. The van der Waals surface area contributed by atoms with Crippen LogP contribution < -0.4 is 16.4 Å². The maximum absolute atomic E-state index is 12.0. The van der Waals surface area contributed by atoms with Gasteiger partial charge in [-0.05, 0) is 29.7 Å². The number of hydrogen-bond donors (Lipinski definition) is 4. The van der Waals surface area contributed by atoms with E-state index in [1.165, 1.54) is 0 Å². The van der Waals surface area contributed by atoms with Gasteiger partial charge < -0.3 is 21.5 Å². The number of nitrogens with two attached hydrogens (primary N) is 1. The molecule has 0 aliphatic carbocycles. The minimum Gasteiger partial charge on any atom is -0.395 e. The van der Waals surface area contributed by atoms with E-state index in [1.54, 1.807) is 24.3 Å². The summed E-state index contributed by atoms with van der Waals surface area (Å²) < 4.78 is 0. The molecule has 5 N–H and O–H groups in total. The Kier molecular flexibility index (Phi) is 5.87. The zero-order chi connectivity index (χ0) is 16.0. The molecule has 0 aromatic heterocycles. The largest absolute Gasteiger partial charge is 0.395 e. The Balaban J connectivity index is 2.67. The number of carbonyl (C=O) groups excluding carboxylic acids is 2. The van der Waals surface area contributed by atoms with Crippen molar-refractivity contribution in [3.05, 3.63) is 29.8 Å². The van der Waals surface area contributed by atoms with Crippen LogP contribution in [-0.4, -0.2) is 36.1 Å². The molecule has 0 heterocycles. The molecular formula is C15H23N3O3. The number of benzene rings is 1. The lowest BCUT2D eigenvalue weighted by Gasteiger charge is -2.25. The van der Waals surface area contributed by atoms with Crippen molar-refractivity contribution in [2.75, 3.05) is 18.5 Å².